The van der Waals surface area contributed by atoms with Crippen molar-refractivity contribution < 1.29 is 13.5 Å². The number of aliphatic hydroxyl groups is 1. The Kier molecular flexibility index (Phi) is 2.59. The van der Waals surface area contributed by atoms with E-state index < -0.39 is 15.4 Å². The molecule has 0 saturated heterocycles. The Hall–Kier alpha value is -0.870. The van der Waals surface area contributed by atoms with Crippen molar-refractivity contribution in [2.75, 3.05) is 5.75 Å². The van der Waals surface area contributed by atoms with Crippen LogP contribution < -0.4 is 0 Å². The molecule has 88 valence electrons. The van der Waals surface area contributed by atoms with Crippen molar-refractivity contribution in [3.63, 3.8) is 0 Å². The molecule has 0 unspecified atom stereocenters. The zero-order valence-corrected chi connectivity index (χ0v) is 10.3. The number of hydrogen-bond donors (Lipinski definition) is 1. The Balaban J connectivity index is 2.57. The van der Waals surface area contributed by atoms with Gasteiger partial charge in [-0.2, -0.15) is 0 Å². The second kappa shape index (κ2) is 3.57. The number of fused-ring (bicyclic) bond motifs is 1. The molecule has 4 heteroatoms. The average molecular weight is 240 g/mol. The first kappa shape index (κ1) is 11.6. The number of hydrogen-bond acceptors (Lipinski definition) is 3. The minimum absolute atomic E-state index is 0.238. The van der Waals surface area contributed by atoms with Crippen LogP contribution in [0.25, 0.3) is 0 Å². The van der Waals surface area contributed by atoms with Crippen LogP contribution in [0.5, 0.6) is 0 Å². The average Bonchev–Trinajstić information content (AvgIpc) is 2.15. The molecule has 16 heavy (non-hydrogen) atoms. The highest BCUT2D eigenvalue weighted by Crippen LogP contribution is 2.29. The minimum Gasteiger partial charge on any atom is -0.386 e. The van der Waals surface area contributed by atoms with Crippen LogP contribution in [0.2, 0.25) is 0 Å². The highest BCUT2D eigenvalue weighted by atomic mass is 32.2. The van der Waals surface area contributed by atoms with E-state index in [-0.39, 0.29) is 5.75 Å². The second-order valence-corrected chi connectivity index (χ2v) is 6.88. The molecule has 1 N–H and O–H groups in total. The third-order valence-electron chi connectivity index (χ3n) is 2.96. The Morgan fingerprint density at radius 3 is 2.62 bits per heavy atom. The van der Waals surface area contributed by atoms with E-state index in [0.717, 1.165) is 17.5 Å². The molecule has 1 heterocycles. The van der Waals surface area contributed by atoms with Crippen molar-refractivity contribution in [2.45, 2.75) is 37.2 Å². The Morgan fingerprint density at radius 1 is 1.31 bits per heavy atom. The van der Waals surface area contributed by atoms with Crippen LogP contribution in [0.1, 0.15) is 31.4 Å². The molecule has 1 aliphatic rings. The summed E-state index contributed by atoms with van der Waals surface area (Å²) in [5, 5.41) is 9.87. The van der Waals surface area contributed by atoms with Crippen molar-refractivity contribution in [1.29, 1.82) is 0 Å². The van der Waals surface area contributed by atoms with Gasteiger partial charge in [-0.15, -0.1) is 0 Å². The molecule has 3 nitrogen and oxygen atoms in total. The molecule has 0 aliphatic carbocycles. The smallest absolute Gasteiger partial charge is 0.178 e. The van der Waals surface area contributed by atoms with Gasteiger partial charge >= 0.3 is 0 Å². The zero-order valence-electron chi connectivity index (χ0n) is 9.53. The summed E-state index contributed by atoms with van der Waals surface area (Å²) < 4.78 is 23.5. The van der Waals surface area contributed by atoms with Gasteiger partial charge in [-0.3, -0.25) is 0 Å². The van der Waals surface area contributed by atoms with Crippen molar-refractivity contribution in [3.05, 3.63) is 29.3 Å². The lowest BCUT2D eigenvalue weighted by Gasteiger charge is -2.22. The van der Waals surface area contributed by atoms with Gasteiger partial charge in [0.05, 0.1) is 16.2 Å². The third kappa shape index (κ3) is 1.99. The zero-order chi connectivity index (χ0) is 12.0. The molecule has 0 aromatic heterocycles. The summed E-state index contributed by atoms with van der Waals surface area (Å²) in [6, 6.07) is 5.13. The van der Waals surface area contributed by atoms with Gasteiger partial charge in [0.2, 0.25) is 0 Å². The highest BCUT2D eigenvalue weighted by molar-refractivity contribution is 7.91. The van der Waals surface area contributed by atoms with Gasteiger partial charge in [0.25, 0.3) is 0 Å². The topological polar surface area (TPSA) is 54.4 Å². The summed E-state index contributed by atoms with van der Waals surface area (Å²) in [6.07, 6.45) is 1.45. The molecule has 1 aromatic rings. The van der Waals surface area contributed by atoms with E-state index in [4.69, 9.17) is 0 Å². The minimum atomic E-state index is -3.09. The van der Waals surface area contributed by atoms with Gasteiger partial charge in [-0.05, 0) is 43.9 Å². The van der Waals surface area contributed by atoms with Crippen molar-refractivity contribution in [3.8, 4) is 0 Å². The fourth-order valence-corrected chi connectivity index (χ4v) is 3.60. The summed E-state index contributed by atoms with van der Waals surface area (Å²) in [4.78, 5) is 0.437. The van der Waals surface area contributed by atoms with Crippen LogP contribution in [0.3, 0.4) is 0 Å². The number of rotatable bonds is 1. The van der Waals surface area contributed by atoms with E-state index in [0.29, 0.717) is 11.3 Å². The predicted octanol–water partition coefficient (Wildman–Crippen LogP) is 1.63. The van der Waals surface area contributed by atoms with Gasteiger partial charge in [0.15, 0.2) is 9.84 Å². The van der Waals surface area contributed by atoms with E-state index in [2.05, 4.69) is 0 Å². The van der Waals surface area contributed by atoms with Crippen LogP contribution in [0, 0.1) is 0 Å². The maximum atomic E-state index is 11.8. The maximum absolute atomic E-state index is 11.8. The summed E-state index contributed by atoms with van der Waals surface area (Å²) in [6.45, 7) is 3.40. The SMILES string of the molecule is CC(C)(O)c1ccc2c(c1)CCCS2(=O)=O. The molecule has 1 aliphatic heterocycles. The highest BCUT2D eigenvalue weighted by Gasteiger charge is 2.25. The van der Waals surface area contributed by atoms with E-state index >= 15 is 0 Å². The molecule has 0 spiro atoms. The van der Waals surface area contributed by atoms with Gasteiger partial charge in [0, 0.05) is 0 Å². The largest absolute Gasteiger partial charge is 0.386 e. The Morgan fingerprint density at radius 2 is 2.00 bits per heavy atom. The van der Waals surface area contributed by atoms with Gasteiger partial charge in [-0.1, -0.05) is 12.1 Å². The van der Waals surface area contributed by atoms with Crippen molar-refractivity contribution in [2.24, 2.45) is 0 Å². The Bertz CT molecular complexity index is 510. The van der Waals surface area contributed by atoms with Crippen LogP contribution in [-0.4, -0.2) is 19.3 Å². The second-order valence-electron chi connectivity index (χ2n) is 4.80. The van der Waals surface area contributed by atoms with Crippen LogP contribution in [0.15, 0.2) is 23.1 Å². The molecular weight excluding hydrogens is 224 g/mol. The molecule has 0 saturated carbocycles. The van der Waals surface area contributed by atoms with Crippen LogP contribution >= 0.6 is 0 Å². The number of benzene rings is 1. The quantitative estimate of drug-likeness (QED) is 0.811. The van der Waals surface area contributed by atoms with Crippen LogP contribution in [-0.2, 0) is 21.9 Å². The lowest BCUT2D eigenvalue weighted by atomic mass is 9.95. The first-order valence-electron chi connectivity index (χ1n) is 5.39. The number of sulfone groups is 1. The van der Waals surface area contributed by atoms with E-state index in [1.165, 1.54) is 0 Å². The summed E-state index contributed by atoms with van der Waals surface area (Å²) in [5.41, 5.74) is 0.685. The predicted molar refractivity (Wildman–Crippen MR) is 62.1 cm³/mol. The molecule has 0 bridgehead atoms. The van der Waals surface area contributed by atoms with E-state index in [1.54, 1.807) is 26.0 Å². The number of aryl methyl sites for hydroxylation is 1. The third-order valence-corrected chi connectivity index (χ3v) is 4.86. The first-order valence-corrected chi connectivity index (χ1v) is 7.04. The molecule has 0 fully saturated rings. The first-order chi connectivity index (χ1) is 7.31. The normalized spacial score (nSPS) is 19.2. The Labute approximate surface area is 96.0 Å². The fraction of sp³-hybridized carbons (Fsp3) is 0.500. The summed E-state index contributed by atoms with van der Waals surface area (Å²) in [5.74, 6) is 0.238. The molecule has 2 rings (SSSR count). The fourth-order valence-electron chi connectivity index (χ4n) is 2.02. The van der Waals surface area contributed by atoms with Gasteiger partial charge in [-0.25, -0.2) is 8.42 Å². The van der Waals surface area contributed by atoms with Crippen molar-refractivity contribution in [1.82, 2.24) is 0 Å². The molecule has 1 aromatic carbocycles. The standard InChI is InChI=1S/C12H16O3S/c1-12(2,13)10-5-6-11-9(8-10)4-3-7-16(11,14)15/h5-6,8,13H,3-4,7H2,1-2H3. The van der Waals surface area contributed by atoms with Crippen molar-refractivity contribution >= 4 is 9.84 Å². The lowest BCUT2D eigenvalue weighted by Crippen LogP contribution is -2.20. The monoisotopic (exact) mass is 240 g/mol. The van der Waals surface area contributed by atoms with E-state index in [9.17, 15) is 13.5 Å². The molecular formula is C12H16O3S. The summed E-state index contributed by atoms with van der Waals surface area (Å²) >= 11 is 0. The van der Waals surface area contributed by atoms with Gasteiger partial charge < -0.3 is 5.11 Å². The van der Waals surface area contributed by atoms with Crippen LogP contribution in [0.4, 0.5) is 0 Å². The van der Waals surface area contributed by atoms with Gasteiger partial charge in [0.1, 0.15) is 0 Å². The maximum Gasteiger partial charge on any atom is 0.178 e. The molecule has 0 atom stereocenters. The summed E-state index contributed by atoms with van der Waals surface area (Å²) in [7, 11) is -3.09. The van der Waals surface area contributed by atoms with E-state index in [1.807, 2.05) is 6.07 Å². The lowest BCUT2D eigenvalue weighted by molar-refractivity contribution is 0.0784. The molecule has 0 radical (unpaired) electrons. The molecule has 0 amide bonds.